The van der Waals surface area contributed by atoms with Crippen LogP contribution in [0.5, 0.6) is 5.75 Å². The summed E-state index contributed by atoms with van der Waals surface area (Å²) >= 11 is 0. The van der Waals surface area contributed by atoms with Crippen LogP contribution in [0.4, 0.5) is 4.39 Å². The first-order valence-electron chi connectivity index (χ1n) is 5.70. The molecule has 0 amide bonds. The van der Waals surface area contributed by atoms with Crippen LogP contribution in [-0.4, -0.2) is 42.4 Å². The highest BCUT2D eigenvalue weighted by Crippen LogP contribution is 2.18. The number of aromatic hydroxyl groups is 1. The second-order valence-corrected chi connectivity index (χ2v) is 4.25. The Hall–Kier alpha value is -1.17. The van der Waals surface area contributed by atoms with Crippen molar-refractivity contribution in [2.75, 3.05) is 26.2 Å². The van der Waals surface area contributed by atoms with Gasteiger partial charge in [0.2, 0.25) is 0 Å². The number of morpholine rings is 1. The fraction of sp³-hybridized carbons (Fsp3) is 0.500. The summed E-state index contributed by atoms with van der Waals surface area (Å²) in [6.07, 6.45) is 0.0608. The highest BCUT2D eigenvalue weighted by atomic mass is 19.1. The number of phenolic OH excluding ortho intramolecular Hbond substituents is 1. The molecular weight excluding hydrogens is 223 g/mol. The first kappa shape index (κ1) is 12.3. The Morgan fingerprint density at radius 1 is 1.53 bits per heavy atom. The van der Waals surface area contributed by atoms with Gasteiger partial charge in [-0.1, -0.05) is 6.07 Å². The summed E-state index contributed by atoms with van der Waals surface area (Å²) in [6, 6.07) is 4.47. The SMILES string of the molecule is NCC1CN(Cc2ccc(O)c(F)c2)CCO1. The molecule has 1 aromatic carbocycles. The van der Waals surface area contributed by atoms with Crippen LogP contribution in [0.2, 0.25) is 0 Å². The standard InChI is InChI=1S/C12H17FN2O2/c13-11-5-9(1-2-12(11)16)7-15-3-4-17-10(6-14)8-15/h1-2,5,10,16H,3-4,6-8,14H2. The number of hydrogen-bond donors (Lipinski definition) is 2. The smallest absolute Gasteiger partial charge is 0.165 e. The lowest BCUT2D eigenvalue weighted by atomic mass is 10.1. The molecule has 2 rings (SSSR count). The van der Waals surface area contributed by atoms with Crippen molar-refractivity contribution in [2.24, 2.45) is 5.73 Å². The van der Waals surface area contributed by atoms with Gasteiger partial charge >= 0.3 is 0 Å². The molecule has 1 atom stereocenters. The molecule has 1 saturated heterocycles. The van der Waals surface area contributed by atoms with Gasteiger partial charge in [-0.2, -0.15) is 0 Å². The van der Waals surface area contributed by atoms with Gasteiger partial charge in [-0.15, -0.1) is 0 Å². The minimum absolute atomic E-state index is 0.0608. The molecule has 0 spiro atoms. The Balaban J connectivity index is 1.97. The molecule has 0 bridgehead atoms. The van der Waals surface area contributed by atoms with Crippen molar-refractivity contribution in [1.29, 1.82) is 0 Å². The van der Waals surface area contributed by atoms with E-state index in [0.29, 0.717) is 19.7 Å². The Bertz CT molecular complexity index is 387. The third kappa shape index (κ3) is 3.15. The average Bonchev–Trinajstić information content (AvgIpc) is 2.34. The molecule has 0 saturated carbocycles. The molecule has 4 nitrogen and oxygen atoms in total. The molecule has 1 heterocycles. The van der Waals surface area contributed by atoms with E-state index in [0.717, 1.165) is 18.7 Å². The molecular formula is C12H17FN2O2. The fourth-order valence-electron chi connectivity index (χ4n) is 1.97. The van der Waals surface area contributed by atoms with E-state index in [1.165, 1.54) is 12.1 Å². The summed E-state index contributed by atoms with van der Waals surface area (Å²) in [5.41, 5.74) is 6.40. The summed E-state index contributed by atoms with van der Waals surface area (Å²) < 4.78 is 18.6. The average molecular weight is 240 g/mol. The van der Waals surface area contributed by atoms with Crippen LogP contribution in [0.25, 0.3) is 0 Å². The first-order valence-corrected chi connectivity index (χ1v) is 5.70. The number of phenols is 1. The van der Waals surface area contributed by atoms with Crippen molar-refractivity contribution < 1.29 is 14.2 Å². The Morgan fingerprint density at radius 3 is 3.06 bits per heavy atom. The molecule has 1 aromatic rings. The molecule has 1 aliphatic heterocycles. The highest BCUT2D eigenvalue weighted by Gasteiger charge is 2.19. The fourth-order valence-corrected chi connectivity index (χ4v) is 1.97. The zero-order chi connectivity index (χ0) is 12.3. The van der Waals surface area contributed by atoms with E-state index in [-0.39, 0.29) is 11.9 Å². The molecule has 17 heavy (non-hydrogen) atoms. The van der Waals surface area contributed by atoms with Crippen LogP contribution in [0.15, 0.2) is 18.2 Å². The summed E-state index contributed by atoms with van der Waals surface area (Å²) in [4.78, 5) is 2.17. The monoisotopic (exact) mass is 240 g/mol. The van der Waals surface area contributed by atoms with E-state index in [4.69, 9.17) is 15.6 Å². The Kier molecular flexibility index (Phi) is 3.93. The molecule has 0 aromatic heterocycles. The maximum Gasteiger partial charge on any atom is 0.165 e. The lowest BCUT2D eigenvalue weighted by Gasteiger charge is -2.32. The van der Waals surface area contributed by atoms with Crippen molar-refractivity contribution >= 4 is 0 Å². The van der Waals surface area contributed by atoms with Gasteiger partial charge in [0, 0.05) is 26.2 Å². The van der Waals surface area contributed by atoms with Gasteiger partial charge in [0.15, 0.2) is 11.6 Å². The molecule has 3 N–H and O–H groups in total. The predicted octanol–water partition coefficient (Wildman–Crippen LogP) is 0.691. The van der Waals surface area contributed by atoms with Gasteiger partial charge in [-0.25, -0.2) is 4.39 Å². The number of halogens is 1. The van der Waals surface area contributed by atoms with Crippen molar-refractivity contribution in [3.05, 3.63) is 29.6 Å². The van der Waals surface area contributed by atoms with Gasteiger partial charge in [0.1, 0.15) is 0 Å². The first-order chi connectivity index (χ1) is 8.19. The third-order valence-electron chi connectivity index (χ3n) is 2.90. The van der Waals surface area contributed by atoms with E-state index >= 15 is 0 Å². The van der Waals surface area contributed by atoms with E-state index in [2.05, 4.69) is 4.90 Å². The van der Waals surface area contributed by atoms with Gasteiger partial charge in [-0.05, 0) is 17.7 Å². The maximum absolute atomic E-state index is 13.2. The highest BCUT2D eigenvalue weighted by molar-refractivity contribution is 5.27. The molecule has 94 valence electrons. The van der Waals surface area contributed by atoms with Crippen molar-refractivity contribution in [3.63, 3.8) is 0 Å². The van der Waals surface area contributed by atoms with Gasteiger partial charge in [0.25, 0.3) is 0 Å². The number of ether oxygens (including phenoxy) is 1. The van der Waals surface area contributed by atoms with Gasteiger partial charge in [0.05, 0.1) is 12.7 Å². The maximum atomic E-state index is 13.2. The molecule has 5 heteroatoms. The lowest BCUT2D eigenvalue weighted by Crippen LogP contribution is -2.45. The van der Waals surface area contributed by atoms with Crippen LogP contribution in [0.3, 0.4) is 0 Å². The molecule has 0 radical (unpaired) electrons. The number of nitrogens with two attached hydrogens (primary N) is 1. The molecule has 0 aliphatic carbocycles. The quantitative estimate of drug-likeness (QED) is 0.816. The second kappa shape index (κ2) is 5.44. The zero-order valence-electron chi connectivity index (χ0n) is 9.60. The van der Waals surface area contributed by atoms with E-state index in [1.807, 2.05) is 0 Å². The van der Waals surface area contributed by atoms with E-state index in [9.17, 15) is 4.39 Å². The normalized spacial score (nSPS) is 21.6. The van der Waals surface area contributed by atoms with Crippen LogP contribution < -0.4 is 5.73 Å². The Labute approximate surface area is 99.8 Å². The summed E-state index contributed by atoms with van der Waals surface area (Å²) in [5.74, 6) is -0.887. The van der Waals surface area contributed by atoms with E-state index in [1.54, 1.807) is 6.07 Å². The van der Waals surface area contributed by atoms with Crippen LogP contribution in [0.1, 0.15) is 5.56 Å². The molecule has 1 fully saturated rings. The largest absolute Gasteiger partial charge is 0.505 e. The molecule has 1 unspecified atom stereocenters. The summed E-state index contributed by atoms with van der Waals surface area (Å²) in [5, 5.41) is 9.10. The summed E-state index contributed by atoms with van der Waals surface area (Å²) in [6.45, 7) is 3.39. The minimum Gasteiger partial charge on any atom is -0.505 e. The zero-order valence-corrected chi connectivity index (χ0v) is 9.60. The number of nitrogens with zero attached hydrogens (tertiary/aromatic N) is 1. The van der Waals surface area contributed by atoms with Crippen molar-refractivity contribution in [2.45, 2.75) is 12.6 Å². The van der Waals surface area contributed by atoms with Crippen molar-refractivity contribution in [1.82, 2.24) is 4.90 Å². The van der Waals surface area contributed by atoms with Gasteiger partial charge in [-0.3, -0.25) is 4.90 Å². The van der Waals surface area contributed by atoms with Crippen LogP contribution in [-0.2, 0) is 11.3 Å². The minimum atomic E-state index is -0.578. The Morgan fingerprint density at radius 2 is 2.35 bits per heavy atom. The molecule has 1 aliphatic rings. The van der Waals surface area contributed by atoms with Crippen LogP contribution in [0, 0.1) is 5.82 Å². The van der Waals surface area contributed by atoms with Crippen molar-refractivity contribution in [3.8, 4) is 5.75 Å². The third-order valence-corrected chi connectivity index (χ3v) is 2.90. The van der Waals surface area contributed by atoms with Gasteiger partial charge < -0.3 is 15.6 Å². The second-order valence-electron chi connectivity index (χ2n) is 4.25. The summed E-state index contributed by atoms with van der Waals surface area (Å²) in [7, 11) is 0. The lowest BCUT2D eigenvalue weighted by molar-refractivity contribution is -0.0260. The van der Waals surface area contributed by atoms with E-state index < -0.39 is 5.82 Å². The number of rotatable bonds is 3. The predicted molar refractivity (Wildman–Crippen MR) is 62.1 cm³/mol. The van der Waals surface area contributed by atoms with Crippen LogP contribution >= 0.6 is 0 Å². The number of hydrogen-bond acceptors (Lipinski definition) is 4. The number of benzene rings is 1. The topological polar surface area (TPSA) is 58.7 Å².